The third kappa shape index (κ3) is 2.81. The summed E-state index contributed by atoms with van der Waals surface area (Å²) in [4.78, 5) is 12.6. The van der Waals surface area contributed by atoms with Gasteiger partial charge in [0, 0.05) is 11.5 Å². The molecule has 2 heterocycles. The SMILES string of the molecule is N#Cc1cc(C(=O)C2CC3CCC(C2)S3(=O)=O)cc(C(F)(F)F)c1. The monoisotopic (exact) mass is 357 g/mol. The van der Waals surface area contributed by atoms with Gasteiger partial charge in [-0.1, -0.05) is 0 Å². The molecular formula is C16H14F3NO3S. The topological polar surface area (TPSA) is 75.0 Å². The summed E-state index contributed by atoms with van der Waals surface area (Å²) in [7, 11) is -3.21. The second kappa shape index (κ2) is 5.59. The minimum Gasteiger partial charge on any atom is -0.294 e. The van der Waals surface area contributed by atoms with E-state index in [1.165, 1.54) is 0 Å². The number of nitrogens with zero attached hydrogens (tertiary/aromatic N) is 1. The van der Waals surface area contributed by atoms with E-state index in [0.717, 1.165) is 12.1 Å². The summed E-state index contributed by atoms with van der Waals surface area (Å²) in [6.45, 7) is 0. The molecule has 3 rings (SSSR count). The number of carbonyl (C=O) groups is 1. The summed E-state index contributed by atoms with van der Waals surface area (Å²) in [5, 5.41) is 7.74. The van der Waals surface area contributed by atoms with E-state index >= 15 is 0 Å². The van der Waals surface area contributed by atoms with E-state index < -0.39 is 43.8 Å². The highest BCUT2D eigenvalue weighted by Crippen LogP contribution is 2.42. The van der Waals surface area contributed by atoms with Crippen molar-refractivity contribution in [1.29, 1.82) is 5.26 Å². The summed E-state index contributed by atoms with van der Waals surface area (Å²) in [5.41, 5.74) is -1.46. The largest absolute Gasteiger partial charge is 0.416 e. The fraction of sp³-hybridized carbons (Fsp3) is 0.500. The summed E-state index contributed by atoms with van der Waals surface area (Å²) >= 11 is 0. The van der Waals surface area contributed by atoms with Gasteiger partial charge in [0.15, 0.2) is 15.6 Å². The first-order chi connectivity index (χ1) is 11.1. The van der Waals surface area contributed by atoms with Crippen LogP contribution in [0.3, 0.4) is 0 Å². The molecule has 0 aliphatic carbocycles. The van der Waals surface area contributed by atoms with Crippen LogP contribution in [-0.2, 0) is 16.0 Å². The van der Waals surface area contributed by atoms with Crippen LogP contribution < -0.4 is 0 Å². The zero-order chi connectivity index (χ0) is 17.7. The lowest BCUT2D eigenvalue weighted by Gasteiger charge is -2.27. The Hall–Kier alpha value is -1.88. The Morgan fingerprint density at radius 1 is 1.12 bits per heavy atom. The number of hydrogen-bond donors (Lipinski definition) is 0. The maximum atomic E-state index is 12.9. The number of rotatable bonds is 2. The molecule has 2 saturated heterocycles. The molecule has 2 fully saturated rings. The molecule has 2 aliphatic heterocycles. The molecule has 0 N–H and O–H groups in total. The molecule has 1 aromatic carbocycles. The van der Waals surface area contributed by atoms with Crippen molar-refractivity contribution in [2.75, 3.05) is 0 Å². The Morgan fingerprint density at radius 2 is 1.71 bits per heavy atom. The van der Waals surface area contributed by atoms with Crippen molar-refractivity contribution in [3.8, 4) is 6.07 Å². The molecule has 128 valence electrons. The first kappa shape index (κ1) is 17.0. The smallest absolute Gasteiger partial charge is 0.294 e. The molecule has 0 aromatic heterocycles. The Balaban J connectivity index is 1.93. The van der Waals surface area contributed by atoms with Gasteiger partial charge in [0.05, 0.1) is 27.7 Å². The Morgan fingerprint density at radius 3 is 2.21 bits per heavy atom. The molecular weight excluding hydrogens is 343 g/mol. The van der Waals surface area contributed by atoms with Crippen LogP contribution in [0.1, 0.15) is 47.2 Å². The zero-order valence-corrected chi connectivity index (χ0v) is 13.3. The maximum absolute atomic E-state index is 12.9. The van der Waals surface area contributed by atoms with E-state index in [0.29, 0.717) is 18.9 Å². The quantitative estimate of drug-likeness (QED) is 0.762. The highest BCUT2D eigenvalue weighted by Gasteiger charge is 2.48. The van der Waals surface area contributed by atoms with E-state index in [4.69, 9.17) is 5.26 Å². The van der Waals surface area contributed by atoms with Crippen molar-refractivity contribution >= 4 is 15.6 Å². The predicted molar refractivity (Wildman–Crippen MR) is 78.9 cm³/mol. The standard InChI is InChI=1S/C16H14F3NO3S/c17-16(18,19)12-4-9(8-20)3-10(5-12)15(21)11-6-13-1-2-14(7-11)24(13,22)23/h3-5,11,13-14H,1-2,6-7H2. The highest BCUT2D eigenvalue weighted by molar-refractivity contribution is 7.93. The van der Waals surface area contributed by atoms with Gasteiger partial charge in [-0.25, -0.2) is 8.42 Å². The minimum atomic E-state index is -4.66. The van der Waals surface area contributed by atoms with E-state index in [2.05, 4.69) is 0 Å². The molecule has 4 nitrogen and oxygen atoms in total. The number of benzene rings is 1. The highest BCUT2D eigenvalue weighted by atomic mass is 32.2. The fourth-order valence-electron chi connectivity index (χ4n) is 3.66. The van der Waals surface area contributed by atoms with Crippen molar-refractivity contribution < 1.29 is 26.4 Å². The lowest BCUT2D eigenvalue weighted by atomic mass is 9.89. The molecule has 2 atom stereocenters. The van der Waals surface area contributed by atoms with Gasteiger partial charge in [0.2, 0.25) is 0 Å². The van der Waals surface area contributed by atoms with Crippen molar-refractivity contribution in [2.24, 2.45) is 5.92 Å². The third-order valence-corrected chi connectivity index (χ3v) is 7.59. The first-order valence-electron chi connectivity index (χ1n) is 7.52. The molecule has 2 bridgehead atoms. The van der Waals surface area contributed by atoms with Crippen LogP contribution in [0.15, 0.2) is 18.2 Å². The number of ketones is 1. The second-order valence-electron chi connectivity index (χ2n) is 6.35. The van der Waals surface area contributed by atoms with E-state index in [-0.39, 0.29) is 24.0 Å². The Bertz CT molecular complexity index is 819. The van der Waals surface area contributed by atoms with Crippen LogP contribution in [0.5, 0.6) is 0 Å². The average Bonchev–Trinajstić information content (AvgIpc) is 2.71. The zero-order valence-electron chi connectivity index (χ0n) is 12.5. The van der Waals surface area contributed by atoms with Gasteiger partial charge >= 0.3 is 6.18 Å². The molecule has 24 heavy (non-hydrogen) atoms. The number of alkyl halides is 3. The van der Waals surface area contributed by atoms with Crippen LogP contribution in [0, 0.1) is 17.2 Å². The van der Waals surface area contributed by atoms with E-state index in [9.17, 15) is 26.4 Å². The number of fused-ring (bicyclic) bond motifs is 2. The minimum absolute atomic E-state index is 0.149. The molecule has 1 aromatic rings. The molecule has 0 amide bonds. The summed E-state index contributed by atoms with van der Waals surface area (Å²) < 4.78 is 62.9. The average molecular weight is 357 g/mol. The first-order valence-corrected chi connectivity index (χ1v) is 9.13. The Kier molecular flexibility index (Phi) is 3.95. The number of halogens is 3. The van der Waals surface area contributed by atoms with Crippen LogP contribution in [-0.4, -0.2) is 24.7 Å². The summed E-state index contributed by atoms with van der Waals surface area (Å²) in [5.74, 6) is -1.12. The number of Topliss-reactive ketones (excluding diaryl/α,β-unsaturated/α-hetero) is 1. The van der Waals surface area contributed by atoms with Gasteiger partial charge in [-0.15, -0.1) is 0 Å². The van der Waals surface area contributed by atoms with Crippen LogP contribution >= 0.6 is 0 Å². The van der Waals surface area contributed by atoms with Gasteiger partial charge in [0.1, 0.15) is 0 Å². The lowest BCUT2D eigenvalue weighted by Crippen LogP contribution is -2.36. The van der Waals surface area contributed by atoms with Gasteiger partial charge in [-0.2, -0.15) is 18.4 Å². The fourth-order valence-corrected chi connectivity index (χ4v) is 6.13. The molecule has 0 saturated carbocycles. The number of hydrogen-bond acceptors (Lipinski definition) is 4. The van der Waals surface area contributed by atoms with Gasteiger partial charge < -0.3 is 0 Å². The van der Waals surface area contributed by atoms with Crippen LogP contribution in [0.4, 0.5) is 13.2 Å². The van der Waals surface area contributed by atoms with Gasteiger partial charge in [0.25, 0.3) is 0 Å². The molecule has 2 aliphatic rings. The van der Waals surface area contributed by atoms with Crippen molar-refractivity contribution in [2.45, 2.75) is 42.4 Å². The van der Waals surface area contributed by atoms with Gasteiger partial charge in [-0.3, -0.25) is 4.79 Å². The van der Waals surface area contributed by atoms with E-state index in [1.54, 1.807) is 6.07 Å². The second-order valence-corrected chi connectivity index (χ2v) is 8.86. The third-order valence-electron chi connectivity index (χ3n) is 4.88. The number of nitriles is 1. The maximum Gasteiger partial charge on any atom is 0.416 e. The Labute approximate surface area is 137 Å². The van der Waals surface area contributed by atoms with Crippen molar-refractivity contribution in [1.82, 2.24) is 0 Å². The van der Waals surface area contributed by atoms with Crippen molar-refractivity contribution in [3.63, 3.8) is 0 Å². The molecule has 0 spiro atoms. The normalized spacial score (nSPS) is 28.3. The molecule has 0 radical (unpaired) electrons. The summed E-state index contributed by atoms with van der Waals surface area (Å²) in [6.07, 6.45) is -3.35. The van der Waals surface area contributed by atoms with Crippen molar-refractivity contribution in [3.05, 3.63) is 34.9 Å². The van der Waals surface area contributed by atoms with Crippen LogP contribution in [0.2, 0.25) is 0 Å². The predicted octanol–water partition coefficient (Wildman–Crippen LogP) is 3.12. The van der Waals surface area contributed by atoms with Gasteiger partial charge in [-0.05, 0) is 43.9 Å². The van der Waals surface area contributed by atoms with E-state index in [1.807, 2.05) is 0 Å². The number of carbonyl (C=O) groups excluding carboxylic acids is 1. The number of sulfone groups is 1. The molecule has 2 unspecified atom stereocenters. The molecule has 8 heteroatoms. The van der Waals surface area contributed by atoms with Crippen LogP contribution in [0.25, 0.3) is 0 Å². The summed E-state index contributed by atoms with van der Waals surface area (Å²) in [6, 6.07) is 4.22. The lowest BCUT2D eigenvalue weighted by molar-refractivity contribution is -0.137.